The number of hydrogen-bond acceptors (Lipinski definition) is 7. The van der Waals surface area contributed by atoms with E-state index in [1.54, 1.807) is 12.3 Å². The number of amides is 1. The number of carbonyl (C=O) groups excluding carboxylic acids is 1. The lowest BCUT2D eigenvalue weighted by atomic mass is 9.76. The molecule has 6 rings (SSSR count). The first kappa shape index (κ1) is 25.7. The Kier molecular flexibility index (Phi) is 6.29. The lowest BCUT2D eigenvalue weighted by Gasteiger charge is -2.41. The number of amidine groups is 1. The minimum absolute atomic E-state index is 0.153. The van der Waals surface area contributed by atoms with Crippen LogP contribution in [0.2, 0.25) is 0 Å². The zero-order valence-corrected chi connectivity index (χ0v) is 23.1. The molecule has 206 valence electrons. The quantitative estimate of drug-likeness (QED) is 0.602. The number of halogens is 1. The maximum Gasteiger partial charge on any atom is 0.250 e. The van der Waals surface area contributed by atoms with Gasteiger partial charge in [0.1, 0.15) is 0 Å². The van der Waals surface area contributed by atoms with Gasteiger partial charge in [0, 0.05) is 73.1 Å². The lowest BCUT2D eigenvalue weighted by molar-refractivity contribution is -0.130. The highest BCUT2D eigenvalue weighted by Gasteiger charge is 2.44. The number of nitrogens with zero attached hydrogens (tertiary/aromatic N) is 4. The molecule has 0 aromatic heterocycles. The Morgan fingerprint density at radius 3 is 2.59 bits per heavy atom. The number of rotatable bonds is 5. The molecule has 1 saturated heterocycles. The van der Waals surface area contributed by atoms with Crippen molar-refractivity contribution in [2.24, 2.45) is 10.4 Å². The Morgan fingerprint density at radius 2 is 1.92 bits per heavy atom. The van der Waals surface area contributed by atoms with E-state index in [-0.39, 0.29) is 17.1 Å². The van der Waals surface area contributed by atoms with Crippen molar-refractivity contribution in [1.29, 1.82) is 0 Å². The molecular formula is C30H37FN6O2. The van der Waals surface area contributed by atoms with E-state index >= 15 is 0 Å². The third-order valence-corrected chi connectivity index (χ3v) is 8.55. The third-order valence-electron chi connectivity index (χ3n) is 8.55. The minimum Gasteiger partial charge on any atom is -0.494 e. The number of carbonyl (C=O) groups is 1. The second kappa shape index (κ2) is 9.55. The summed E-state index contributed by atoms with van der Waals surface area (Å²) in [6.07, 6.45) is 12.8. The van der Waals surface area contributed by atoms with Crippen molar-refractivity contribution in [3.8, 4) is 5.75 Å². The first-order valence-electron chi connectivity index (χ1n) is 13.8. The van der Waals surface area contributed by atoms with Crippen LogP contribution in [-0.2, 0) is 4.79 Å². The molecule has 1 amide bonds. The van der Waals surface area contributed by atoms with Crippen molar-refractivity contribution in [3.05, 3.63) is 71.6 Å². The Hall–Kier alpha value is -3.59. The Balaban J connectivity index is 1.16. The van der Waals surface area contributed by atoms with Crippen molar-refractivity contribution < 1.29 is 13.9 Å². The van der Waals surface area contributed by atoms with Crippen molar-refractivity contribution >= 4 is 17.4 Å². The molecule has 2 aliphatic carbocycles. The fourth-order valence-corrected chi connectivity index (χ4v) is 6.04. The predicted octanol–water partition coefficient (Wildman–Crippen LogP) is 3.77. The number of fused-ring (bicyclic) bond motifs is 1. The van der Waals surface area contributed by atoms with Crippen LogP contribution in [0.4, 0.5) is 4.39 Å². The van der Waals surface area contributed by atoms with Gasteiger partial charge in [-0.2, -0.15) is 0 Å². The fourth-order valence-electron chi connectivity index (χ4n) is 6.04. The standard InChI is InChI=1S/C30H37FN6O2/c1-29(2)18-21(6-9-23(29)27(38)36-15-13-35(14-16-36)22-7-8-22)34-28-30(3)33-19-25(37(30)12-11-32-28)20-5-10-26(39-4)24(31)17-20/h5-6,9-12,17,19,22,33H,7-8,13-16,18H2,1-4H3,(H,32,34). The second-order valence-corrected chi connectivity index (χ2v) is 11.8. The number of hydrogen-bond donors (Lipinski definition) is 2. The molecule has 1 saturated carbocycles. The van der Waals surface area contributed by atoms with Crippen LogP contribution in [0, 0.1) is 11.2 Å². The van der Waals surface area contributed by atoms with Gasteiger partial charge in [0.2, 0.25) is 5.91 Å². The maximum atomic E-state index is 14.5. The second-order valence-electron chi connectivity index (χ2n) is 11.8. The van der Waals surface area contributed by atoms with Gasteiger partial charge in [0.15, 0.2) is 23.1 Å². The largest absolute Gasteiger partial charge is 0.494 e. The van der Waals surface area contributed by atoms with Crippen LogP contribution < -0.4 is 15.4 Å². The van der Waals surface area contributed by atoms with Gasteiger partial charge >= 0.3 is 0 Å². The monoisotopic (exact) mass is 532 g/mol. The molecule has 39 heavy (non-hydrogen) atoms. The summed E-state index contributed by atoms with van der Waals surface area (Å²) in [4.78, 5) is 24.7. The molecule has 1 atom stereocenters. The molecule has 5 aliphatic rings. The summed E-state index contributed by atoms with van der Waals surface area (Å²) in [5.74, 6) is 0.685. The van der Waals surface area contributed by atoms with E-state index in [4.69, 9.17) is 4.74 Å². The first-order valence-corrected chi connectivity index (χ1v) is 13.8. The molecule has 8 nitrogen and oxygen atoms in total. The van der Waals surface area contributed by atoms with E-state index in [1.807, 2.05) is 47.3 Å². The normalized spacial score (nSPS) is 26.2. The van der Waals surface area contributed by atoms with Crippen LogP contribution in [0.25, 0.3) is 5.70 Å². The van der Waals surface area contributed by atoms with Gasteiger partial charge in [-0.3, -0.25) is 9.69 Å². The summed E-state index contributed by atoms with van der Waals surface area (Å²) in [5.41, 5.74) is 2.42. The smallest absolute Gasteiger partial charge is 0.250 e. The molecule has 3 heterocycles. The topological polar surface area (TPSA) is 72.4 Å². The van der Waals surface area contributed by atoms with E-state index in [1.165, 1.54) is 26.0 Å². The summed E-state index contributed by atoms with van der Waals surface area (Å²) in [7, 11) is 1.46. The molecule has 0 radical (unpaired) electrons. The molecule has 0 spiro atoms. The van der Waals surface area contributed by atoms with Gasteiger partial charge in [0.25, 0.3) is 0 Å². The third kappa shape index (κ3) is 4.62. The number of aliphatic imine (C=N–C) groups is 1. The van der Waals surface area contributed by atoms with Crippen molar-refractivity contribution in [1.82, 2.24) is 25.3 Å². The van der Waals surface area contributed by atoms with Crippen LogP contribution >= 0.6 is 0 Å². The molecular weight excluding hydrogens is 495 g/mol. The van der Waals surface area contributed by atoms with E-state index in [0.29, 0.717) is 6.42 Å². The van der Waals surface area contributed by atoms with Gasteiger partial charge < -0.3 is 25.2 Å². The number of piperazine rings is 1. The van der Waals surface area contributed by atoms with E-state index in [9.17, 15) is 9.18 Å². The minimum atomic E-state index is -0.674. The average Bonchev–Trinajstić information content (AvgIpc) is 3.70. The Bertz CT molecular complexity index is 1330. The number of ether oxygens (including phenoxy) is 1. The van der Waals surface area contributed by atoms with Crippen LogP contribution in [0.1, 0.15) is 45.6 Å². The summed E-state index contributed by atoms with van der Waals surface area (Å²) in [6, 6.07) is 5.70. The first-order chi connectivity index (χ1) is 18.7. The summed E-state index contributed by atoms with van der Waals surface area (Å²) < 4.78 is 19.5. The predicted molar refractivity (Wildman–Crippen MR) is 150 cm³/mol. The zero-order valence-electron chi connectivity index (χ0n) is 23.1. The average molecular weight is 533 g/mol. The molecule has 1 aromatic carbocycles. The van der Waals surface area contributed by atoms with Crippen molar-refractivity contribution in [2.75, 3.05) is 33.3 Å². The number of benzene rings is 1. The van der Waals surface area contributed by atoms with E-state index in [0.717, 1.165) is 60.6 Å². The SMILES string of the molecule is COc1ccc(C2=CNC3(C)C(NC4=CC=C(C(=O)N5CCN(C6CC6)CC5)C(C)(C)C4)=NC=CN23)cc1F. The molecule has 3 aliphatic heterocycles. The summed E-state index contributed by atoms with van der Waals surface area (Å²) >= 11 is 0. The molecule has 2 N–H and O–H groups in total. The van der Waals surface area contributed by atoms with E-state index in [2.05, 4.69) is 34.4 Å². The number of allylic oxidation sites excluding steroid dienone is 3. The summed E-state index contributed by atoms with van der Waals surface area (Å²) in [5, 5.41) is 6.98. The van der Waals surface area contributed by atoms with Gasteiger partial charge in [0.05, 0.1) is 12.8 Å². The number of methoxy groups -OCH3 is 1. The lowest BCUT2D eigenvalue weighted by Crippen LogP contribution is -2.59. The fraction of sp³-hybridized carbons (Fsp3) is 0.467. The van der Waals surface area contributed by atoms with Crippen LogP contribution in [0.3, 0.4) is 0 Å². The molecule has 9 heteroatoms. The highest BCUT2D eigenvalue weighted by atomic mass is 19.1. The van der Waals surface area contributed by atoms with Crippen LogP contribution in [0.5, 0.6) is 5.75 Å². The van der Waals surface area contributed by atoms with Crippen LogP contribution in [0.15, 0.2) is 65.2 Å². The zero-order chi connectivity index (χ0) is 27.4. The van der Waals surface area contributed by atoms with Gasteiger partial charge in [-0.05, 0) is 50.5 Å². The van der Waals surface area contributed by atoms with Gasteiger partial charge in [-0.15, -0.1) is 0 Å². The molecule has 0 bridgehead atoms. The van der Waals surface area contributed by atoms with Gasteiger partial charge in [-0.25, -0.2) is 9.38 Å². The maximum absolute atomic E-state index is 14.5. The molecule has 2 fully saturated rings. The van der Waals surface area contributed by atoms with Gasteiger partial charge in [-0.1, -0.05) is 19.9 Å². The van der Waals surface area contributed by atoms with E-state index < -0.39 is 11.5 Å². The Labute approximate surface area is 229 Å². The number of nitrogens with one attached hydrogen (secondary N) is 2. The molecule has 1 aromatic rings. The molecule has 1 unspecified atom stereocenters. The highest BCUT2D eigenvalue weighted by molar-refractivity contribution is 5.98. The van der Waals surface area contributed by atoms with Crippen molar-refractivity contribution in [2.45, 2.75) is 51.7 Å². The van der Waals surface area contributed by atoms with Crippen LogP contribution in [-0.4, -0.2) is 71.4 Å². The highest BCUT2D eigenvalue weighted by Crippen LogP contribution is 2.39. The van der Waals surface area contributed by atoms with Crippen molar-refractivity contribution in [3.63, 3.8) is 0 Å². The Morgan fingerprint density at radius 1 is 1.15 bits per heavy atom. The summed E-state index contributed by atoms with van der Waals surface area (Å²) in [6.45, 7) is 9.85.